The molecule has 5 heterocycles. The Hall–Kier alpha value is -2.09. The zero-order chi connectivity index (χ0) is 26.8. The summed E-state index contributed by atoms with van der Waals surface area (Å²) < 4.78 is 5.01. The van der Waals surface area contributed by atoms with E-state index in [0.29, 0.717) is 0 Å². The van der Waals surface area contributed by atoms with E-state index >= 15 is 0 Å². The van der Waals surface area contributed by atoms with Gasteiger partial charge in [-0.3, -0.25) is 0 Å². The molecule has 0 atom stereocenters. The van der Waals surface area contributed by atoms with Crippen molar-refractivity contribution in [2.24, 2.45) is 0 Å². The molecule has 0 unspecified atom stereocenters. The fourth-order valence-corrected chi connectivity index (χ4v) is 23.2. The Kier molecular flexibility index (Phi) is 5.09. The molecule has 38 heavy (non-hydrogen) atoms. The van der Waals surface area contributed by atoms with E-state index < -0.39 is 30.4 Å². The van der Waals surface area contributed by atoms with E-state index in [1.807, 2.05) is 22.7 Å². The van der Waals surface area contributed by atoms with Crippen LogP contribution in [0.25, 0.3) is 40.6 Å². The number of benzene rings is 2. The second kappa shape index (κ2) is 7.76. The summed E-state index contributed by atoms with van der Waals surface area (Å²) in [6.07, 6.45) is 4.17. The van der Waals surface area contributed by atoms with E-state index in [9.17, 15) is 0 Å². The van der Waals surface area contributed by atoms with Crippen molar-refractivity contribution in [2.45, 2.75) is 52.4 Å². The van der Waals surface area contributed by atoms with Crippen LogP contribution in [0.1, 0.15) is 0 Å². The summed E-state index contributed by atoms with van der Waals surface area (Å²) in [5.41, 5.74) is 4.37. The molecule has 2 aromatic carbocycles. The number of rotatable bonds is 0. The molecule has 4 aromatic heterocycles. The summed E-state index contributed by atoms with van der Waals surface area (Å²) in [7, 11) is -7.89. The number of thiophene rings is 2. The standard InChI is InChI=1S/C28H32N4S2Si4/c1-35(2)17-9-11-21-19(13-17)25-23(33-21)15-29-27(31-25)37(5,6)38(7,8)28-30-16-24-26(32-28)20-14-18(36(35,3)4)10-12-22(20)34-24/h9-16H,1-8H3. The van der Waals surface area contributed by atoms with E-state index in [2.05, 4.69) is 101 Å². The monoisotopic (exact) mass is 600 g/mol. The average Bonchev–Trinajstić information content (AvgIpc) is 3.44. The molecule has 0 fully saturated rings. The van der Waals surface area contributed by atoms with Crippen molar-refractivity contribution in [1.29, 1.82) is 0 Å². The highest BCUT2D eigenvalue weighted by Gasteiger charge is 2.49. The number of aromatic nitrogens is 4. The Balaban J connectivity index is 1.63. The first-order chi connectivity index (χ1) is 17.8. The minimum absolute atomic E-state index is 1.05. The topological polar surface area (TPSA) is 51.6 Å². The lowest BCUT2D eigenvalue weighted by atomic mass is 10.2. The maximum absolute atomic E-state index is 5.38. The molecule has 7 rings (SSSR count). The van der Waals surface area contributed by atoms with Gasteiger partial charge in [-0.15, -0.1) is 22.7 Å². The Morgan fingerprint density at radius 1 is 0.500 bits per heavy atom. The van der Waals surface area contributed by atoms with E-state index in [0.717, 1.165) is 21.9 Å². The highest BCUT2D eigenvalue weighted by Crippen LogP contribution is 2.35. The molecule has 1 aliphatic heterocycles. The van der Waals surface area contributed by atoms with Crippen LogP contribution in [0.15, 0.2) is 48.8 Å². The normalized spacial score (nSPS) is 19.4. The van der Waals surface area contributed by atoms with Crippen molar-refractivity contribution < 1.29 is 0 Å². The van der Waals surface area contributed by atoms with E-state index in [1.54, 1.807) is 10.4 Å². The lowest BCUT2D eigenvalue weighted by Gasteiger charge is -2.39. The van der Waals surface area contributed by atoms with Crippen LogP contribution in [0, 0.1) is 0 Å². The zero-order valence-electron chi connectivity index (χ0n) is 23.2. The van der Waals surface area contributed by atoms with E-state index in [4.69, 9.17) is 19.9 Å². The molecule has 10 heteroatoms. The number of hydrogen-bond donors (Lipinski definition) is 0. The summed E-state index contributed by atoms with van der Waals surface area (Å²) >= 11 is 3.65. The van der Waals surface area contributed by atoms with E-state index in [-0.39, 0.29) is 0 Å². The van der Waals surface area contributed by atoms with Crippen LogP contribution in [-0.2, 0) is 0 Å². The third kappa shape index (κ3) is 3.15. The van der Waals surface area contributed by atoms with Gasteiger partial charge < -0.3 is 0 Å². The van der Waals surface area contributed by atoms with Gasteiger partial charge in [0, 0.05) is 32.6 Å². The molecule has 6 aromatic rings. The fourth-order valence-electron chi connectivity index (χ4n) is 5.78. The molecular formula is C28H32N4S2Si4. The van der Waals surface area contributed by atoms with Gasteiger partial charge in [-0.1, -0.05) is 87.0 Å². The van der Waals surface area contributed by atoms with Crippen molar-refractivity contribution in [3.63, 3.8) is 0 Å². The molecule has 192 valence electrons. The molecule has 4 nitrogen and oxygen atoms in total. The quantitative estimate of drug-likeness (QED) is 0.215. The zero-order valence-corrected chi connectivity index (χ0v) is 28.9. The van der Waals surface area contributed by atoms with Gasteiger partial charge in [0.1, 0.15) is 26.1 Å². The van der Waals surface area contributed by atoms with Gasteiger partial charge in [0.2, 0.25) is 0 Å². The molecule has 0 radical (unpaired) electrons. The highest BCUT2D eigenvalue weighted by molar-refractivity contribution is 7.50. The third-order valence-corrected chi connectivity index (χ3v) is 46.6. The predicted molar refractivity (Wildman–Crippen MR) is 178 cm³/mol. The third-order valence-electron chi connectivity index (χ3n) is 10.1. The second-order valence-electron chi connectivity index (χ2n) is 12.9. The molecule has 0 aliphatic carbocycles. The van der Waals surface area contributed by atoms with Crippen LogP contribution < -0.4 is 21.3 Å². The van der Waals surface area contributed by atoms with Crippen molar-refractivity contribution in [1.82, 2.24) is 19.9 Å². The second-order valence-corrected chi connectivity index (χ2v) is 45.2. The summed E-state index contributed by atoms with van der Waals surface area (Å²) in [5.74, 6) is 0. The van der Waals surface area contributed by atoms with Crippen LogP contribution in [0.5, 0.6) is 0 Å². The first-order valence-electron chi connectivity index (χ1n) is 13.2. The van der Waals surface area contributed by atoms with Gasteiger partial charge >= 0.3 is 0 Å². The van der Waals surface area contributed by atoms with Gasteiger partial charge in [0.15, 0.2) is 0 Å². The Labute approximate surface area is 234 Å². The van der Waals surface area contributed by atoms with Crippen molar-refractivity contribution in [3.8, 4) is 0 Å². The maximum Gasteiger partial charge on any atom is 0.130 e. The Morgan fingerprint density at radius 3 is 1.29 bits per heavy atom. The molecule has 0 spiro atoms. The van der Waals surface area contributed by atoms with Crippen molar-refractivity contribution >= 4 is 115 Å². The average molecular weight is 601 g/mol. The molecule has 1 aliphatic rings. The van der Waals surface area contributed by atoms with Crippen LogP contribution in [0.3, 0.4) is 0 Å². The lowest BCUT2D eigenvalue weighted by molar-refractivity contribution is 1.27. The van der Waals surface area contributed by atoms with Gasteiger partial charge in [0.25, 0.3) is 0 Å². The van der Waals surface area contributed by atoms with Gasteiger partial charge in [-0.2, -0.15) is 0 Å². The molecule has 0 N–H and O–H groups in total. The van der Waals surface area contributed by atoms with Gasteiger partial charge in [0.05, 0.1) is 35.6 Å². The minimum atomic E-state index is -2.11. The molecule has 0 saturated heterocycles. The Bertz CT molecular complexity index is 1680. The maximum atomic E-state index is 5.38. The van der Waals surface area contributed by atoms with Crippen molar-refractivity contribution in [3.05, 3.63) is 48.8 Å². The van der Waals surface area contributed by atoms with Crippen LogP contribution in [-0.4, -0.2) is 50.3 Å². The molecular weight excluding hydrogens is 569 g/mol. The van der Waals surface area contributed by atoms with Crippen LogP contribution in [0.2, 0.25) is 52.4 Å². The fraction of sp³-hybridized carbons (Fsp3) is 0.286. The summed E-state index contributed by atoms with van der Waals surface area (Å²) in [6, 6.07) is 14.5. The Morgan fingerprint density at radius 2 is 0.895 bits per heavy atom. The van der Waals surface area contributed by atoms with E-state index in [1.165, 1.54) is 29.6 Å². The van der Waals surface area contributed by atoms with Gasteiger partial charge in [-0.05, 0) is 12.1 Å². The number of hydrogen-bond acceptors (Lipinski definition) is 6. The summed E-state index contributed by atoms with van der Waals surface area (Å²) in [5, 5.41) is 5.70. The summed E-state index contributed by atoms with van der Waals surface area (Å²) in [6.45, 7) is 20.1. The molecule has 0 amide bonds. The SMILES string of the molecule is C[Si]1(C)c2ccc3sc4cnc(nc4c3c2)[Si](C)(C)[Si](C)(C)c2ncc3sc4ccc(cc4c3n2)[Si]1(C)C. The first-order valence-corrected chi connectivity index (χ1v) is 28.9. The molecule has 8 bridgehead atoms. The lowest BCUT2D eigenvalue weighted by Crippen LogP contribution is -2.71. The largest absolute Gasteiger partial charge is 0.246 e. The van der Waals surface area contributed by atoms with Crippen LogP contribution >= 0.6 is 22.7 Å². The smallest absolute Gasteiger partial charge is 0.130 e. The minimum Gasteiger partial charge on any atom is -0.246 e. The molecule has 0 saturated carbocycles. The predicted octanol–water partition coefficient (Wildman–Crippen LogP) is 5.53. The number of nitrogens with zero attached hydrogens (tertiary/aromatic N) is 4. The summed E-state index contributed by atoms with van der Waals surface area (Å²) in [4.78, 5) is 20.8. The van der Waals surface area contributed by atoms with Gasteiger partial charge in [-0.25, -0.2) is 19.9 Å². The van der Waals surface area contributed by atoms with Crippen molar-refractivity contribution in [2.75, 3.05) is 0 Å². The number of fused-ring (bicyclic) bond motifs is 4. The van der Waals surface area contributed by atoms with Crippen LogP contribution in [0.4, 0.5) is 0 Å². The first kappa shape index (κ1) is 24.9. The highest BCUT2D eigenvalue weighted by atomic mass is 32.1.